The number of terminal acetylenes is 1. The first kappa shape index (κ1) is 15.2. The van der Waals surface area contributed by atoms with Crippen LogP contribution < -0.4 is 0 Å². The molecule has 2 aliphatic carbocycles. The Labute approximate surface area is 149 Å². The third kappa shape index (κ3) is 1.59. The van der Waals surface area contributed by atoms with Crippen LogP contribution in [0.15, 0.2) is 54.6 Å². The molecule has 0 aromatic heterocycles. The van der Waals surface area contributed by atoms with Crippen LogP contribution >= 0.6 is 23.2 Å². The second-order valence-electron chi connectivity index (χ2n) is 5.82. The number of benzene rings is 2. The number of carbonyl (C=O) groups excluding carboxylic acids is 2. The predicted molar refractivity (Wildman–Crippen MR) is 94.6 cm³/mol. The lowest BCUT2D eigenvalue weighted by atomic mass is 9.60. The summed E-state index contributed by atoms with van der Waals surface area (Å²) in [7, 11) is 0. The zero-order valence-electron chi connectivity index (χ0n) is 12.3. The van der Waals surface area contributed by atoms with E-state index in [1.165, 1.54) is 0 Å². The normalized spacial score (nSPS) is 27.5. The number of Topliss-reactive ketones (excluding diaryl/α,β-unsaturated/α-hetero) is 2. The van der Waals surface area contributed by atoms with Crippen LogP contribution in [0.1, 0.15) is 31.8 Å². The summed E-state index contributed by atoms with van der Waals surface area (Å²) in [5, 5.41) is 0. The molecule has 24 heavy (non-hydrogen) atoms. The van der Waals surface area contributed by atoms with Crippen molar-refractivity contribution in [3.05, 3.63) is 76.9 Å². The molecule has 0 spiro atoms. The van der Waals surface area contributed by atoms with Crippen LogP contribution in [-0.4, -0.2) is 21.3 Å². The minimum atomic E-state index is -1.65. The highest BCUT2D eigenvalue weighted by atomic mass is 35.5. The molecule has 0 heterocycles. The van der Waals surface area contributed by atoms with Gasteiger partial charge in [0.2, 0.25) is 0 Å². The summed E-state index contributed by atoms with van der Waals surface area (Å²) < 4.78 is 0. The minimum absolute atomic E-state index is 0.289. The Balaban J connectivity index is 1.97. The average molecular weight is 353 g/mol. The van der Waals surface area contributed by atoms with E-state index in [9.17, 15) is 9.59 Å². The largest absolute Gasteiger partial charge is 0.292 e. The van der Waals surface area contributed by atoms with Gasteiger partial charge in [-0.25, -0.2) is 0 Å². The van der Waals surface area contributed by atoms with Gasteiger partial charge >= 0.3 is 0 Å². The first-order chi connectivity index (χ1) is 11.4. The zero-order valence-corrected chi connectivity index (χ0v) is 13.9. The highest BCUT2D eigenvalue weighted by Crippen LogP contribution is 2.60. The smallest absolute Gasteiger partial charge is 0.191 e. The van der Waals surface area contributed by atoms with Gasteiger partial charge in [-0.2, -0.15) is 0 Å². The van der Waals surface area contributed by atoms with Crippen molar-refractivity contribution in [2.24, 2.45) is 0 Å². The molecular weight excluding hydrogens is 343 g/mol. The lowest BCUT2D eigenvalue weighted by Gasteiger charge is -2.51. The Hall–Kier alpha value is -2.34. The molecule has 0 N–H and O–H groups in total. The van der Waals surface area contributed by atoms with Gasteiger partial charge in [0.25, 0.3) is 0 Å². The van der Waals surface area contributed by atoms with Crippen LogP contribution in [0.25, 0.3) is 5.57 Å². The van der Waals surface area contributed by atoms with Crippen LogP contribution in [0.2, 0.25) is 0 Å². The summed E-state index contributed by atoms with van der Waals surface area (Å²) in [6.45, 7) is 0. The predicted octanol–water partition coefficient (Wildman–Crippen LogP) is 4.10. The number of ketones is 2. The van der Waals surface area contributed by atoms with Crippen molar-refractivity contribution in [1.82, 2.24) is 0 Å². The summed E-state index contributed by atoms with van der Waals surface area (Å²) in [6.07, 6.45) is 7.09. The number of hydrogen-bond donors (Lipinski definition) is 0. The molecule has 4 rings (SSSR count). The average Bonchev–Trinajstić information content (AvgIpc) is 2.63. The van der Waals surface area contributed by atoms with Gasteiger partial charge in [0.1, 0.15) is 0 Å². The summed E-state index contributed by atoms with van der Waals surface area (Å²) in [5.74, 6) is 1.84. The topological polar surface area (TPSA) is 34.1 Å². The molecule has 0 aliphatic heterocycles. The number of hydrogen-bond acceptors (Lipinski definition) is 2. The number of rotatable bonds is 1. The van der Waals surface area contributed by atoms with Crippen LogP contribution in [-0.2, 0) is 0 Å². The fourth-order valence-electron chi connectivity index (χ4n) is 3.39. The maximum absolute atomic E-state index is 13.1. The maximum Gasteiger partial charge on any atom is 0.191 e. The van der Waals surface area contributed by atoms with Crippen molar-refractivity contribution in [3.63, 3.8) is 0 Å². The molecule has 0 saturated carbocycles. The molecule has 2 atom stereocenters. The van der Waals surface area contributed by atoms with Gasteiger partial charge in [0.05, 0.1) is 0 Å². The van der Waals surface area contributed by atoms with Gasteiger partial charge in [-0.3, -0.25) is 9.59 Å². The van der Waals surface area contributed by atoms with Gasteiger partial charge < -0.3 is 0 Å². The van der Waals surface area contributed by atoms with Crippen molar-refractivity contribution >= 4 is 40.3 Å². The third-order valence-electron chi connectivity index (χ3n) is 4.65. The summed E-state index contributed by atoms with van der Waals surface area (Å²) in [6, 6.07) is 13.7. The van der Waals surface area contributed by atoms with Crippen molar-refractivity contribution in [2.75, 3.05) is 0 Å². The molecule has 4 heteroatoms. The van der Waals surface area contributed by atoms with Crippen LogP contribution in [0.4, 0.5) is 0 Å². The Kier molecular flexibility index (Phi) is 3.06. The van der Waals surface area contributed by atoms with E-state index in [1.54, 1.807) is 54.6 Å². The van der Waals surface area contributed by atoms with Crippen molar-refractivity contribution < 1.29 is 9.59 Å². The lowest BCUT2D eigenvalue weighted by Crippen LogP contribution is -2.65. The molecule has 2 aliphatic rings. The molecule has 0 fully saturated rings. The van der Waals surface area contributed by atoms with E-state index < -0.39 is 9.75 Å². The third-order valence-corrected chi connectivity index (χ3v) is 5.98. The second kappa shape index (κ2) is 4.83. The fourth-order valence-corrected chi connectivity index (χ4v) is 4.19. The van der Waals surface area contributed by atoms with Gasteiger partial charge in [-0.15, -0.1) is 29.6 Å². The Bertz CT molecular complexity index is 999. The molecule has 2 aromatic rings. The summed E-state index contributed by atoms with van der Waals surface area (Å²) in [5.41, 5.74) is 2.32. The van der Waals surface area contributed by atoms with Crippen molar-refractivity contribution in [1.29, 1.82) is 0 Å². The highest BCUT2D eigenvalue weighted by Gasteiger charge is 2.69. The van der Waals surface area contributed by atoms with E-state index in [-0.39, 0.29) is 17.1 Å². The van der Waals surface area contributed by atoms with Crippen molar-refractivity contribution in [2.45, 2.75) is 9.75 Å². The first-order valence-corrected chi connectivity index (χ1v) is 8.06. The number of halogens is 2. The number of fused-ring (bicyclic) bond motifs is 2. The molecule has 0 bridgehead atoms. The van der Waals surface area contributed by atoms with E-state index >= 15 is 0 Å². The van der Waals surface area contributed by atoms with E-state index in [1.807, 2.05) is 0 Å². The Morgan fingerprint density at radius 3 is 2.00 bits per heavy atom. The Morgan fingerprint density at radius 2 is 1.38 bits per heavy atom. The summed E-state index contributed by atoms with van der Waals surface area (Å²) in [4.78, 5) is 22.7. The molecule has 2 aromatic carbocycles. The van der Waals surface area contributed by atoms with Gasteiger partial charge in [0, 0.05) is 16.7 Å². The monoisotopic (exact) mass is 352 g/mol. The molecular formula is C20H10Cl2O2. The SMILES string of the molecule is C#Cc1ccccc1C1=C[C@@]2(Cl)C(=O)c3ccccc3C(=O)[C@@]12Cl. The molecule has 116 valence electrons. The fraction of sp³-hybridized carbons (Fsp3) is 0.100. The van der Waals surface area contributed by atoms with E-state index in [4.69, 9.17) is 29.6 Å². The number of alkyl halides is 2. The van der Waals surface area contributed by atoms with Crippen LogP contribution in [0.5, 0.6) is 0 Å². The molecule has 0 radical (unpaired) electrons. The van der Waals surface area contributed by atoms with Crippen LogP contribution in [0, 0.1) is 12.3 Å². The van der Waals surface area contributed by atoms with Crippen molar-refractivity contribution in [3.8, 4) is 12.3 Å². The standard InChI is InChI=1S/C20H10Cl2O2/c1-2-12-7-3-4-8-13(12)16-11-19(21)17(23)14-9-5-6-10-15(14)18(24)20(16,19)22/h1,3-11H/t19-,20+/m1/s1. The molecule has 0 saturated heterocycles. The van der Waals surface area contributed by atoms with E-state index in [0.29, 0.717) is 22.3 Å². The molecule has 0 unspecified atom stereocenters. The quantitative estimate of drug-likeness (QED) is 0.571. The minimum Gasteiger partial charge on any atom is -0.292 e. The second-order valence-corrected chi connectivity index (χ2v) is 6.99. The molecule has 2 nitrogen and oxygen atoms in total. The summed E-state index contributed by atoms with van der Waals surface area (Å²) >= 11 is 13.2. The lowest BCUT2D eigenvalue weighted by molar-refractivity contribution is 0.0830. The van der Waals surface area contributed by atoms with E-state index in [2.05, 4.69) is 5.92 Å². The number of carbonyl (C=O) groups is 2. The highest BCUT2D eigenvalue weighted by molar-refractivity contribution is 6.62. The zero-order chi connectivity index (χ0) is 17.1. The van der Waals surface area contributed by atoms with Gasteiger partial charge in [-0.1, -0.05) is 48.4 Å². The number of allylic oxidation sites excluding steroid dienone is 2. The maximum atomic E-state index is 13.1. The molecule has 0 amide bonds. The van der Waals surface area contributed by atoms with Gasteiger partial charge in [-0.05, 0) is 23.3 Å². The van der Waals surface area contributed by atoms with Gasteiger partial charge in [0.15, 0.2) is 21.3 Å². The first-order valence-electron chi connectivity index (χ1n) is 7.31. The van der Waals surface area contributed by atoms with E-state index in [0.717, 1.165) is 0 Å². The Morgan fingerprint density at radius 1 is 0.833 bits per heavy atom. The van der Waals surface area contributed by atoms with Crippen LogP contribution in [0.3, 0.4) is 0 Å².